The van der Waals surface area contributed by atoms with Crippen molar-refractivity contribution in [2.45, 2.75) is 18.2 Å². The lowest BCUT2D eigenvalue weighted by molar-refractivity contribution is 0.540. The van der Waals surface area contributed by atoms with Crippen molar-refractivity contribution in [1.29, 1.82) is 0 Å². The molecule has 0 saturated carbocycles. The van der Waals surface area contributed by atoms with Gasteiger partial charge in [0.25, 0.3) is 0 Å². The highest BCUT2D eigenvalue weighted by atomic mass is 32.2. The second-order valence-electron chi connectivity index (χ2n) is 3.75. The quantitative estimate of drug-likeness (QED) is 0.879. The molecular weight excluding hydrogens is 226 g/mol. The molecular formula is C11H17NOS2. The van der Waals surface area contributed by atoms with Gasteiger partial charge in [0.2, 0.25) is 0 Å². The van der Waals surface area contributed by atoms with Crippen LogP contribution in [0.25, 0.3) is 0 Å². The van der Waals surface area contributed by atoms with Crippen LogP contribution in [0, 0.1) is 0 Å². The van der Waals surface area contributed by atoms with Crippen molar-refractivity contribution in [2.75, 3.05) is 23.8 Å². The molecule has 1 aliphatic heterocycles. The third kappa shape index (κ3) is 3.47. The minimum absolute atomic E-state index is 0.399. The number of rotatable bonds is 4. The molecule has 2 unspecified atom stereocenters. The first-order valence-corrected chi connectivity index (χ1v) is 7.51. The second kappa shape index (κ2) is 5.87. The van der Waals surface area contributed by atoms with Gasteiger partial charge in [0.1, 0.15) is 0 Å². The molecule has 2 heterocycles. The van der Waals surface area contributed by atoms with E-state index in [1.165, 1.54) is 22.8 Å². The Hall–Kier alpha value is -0.0600. The molecule has 0 aromatic carbocycles. The topological polar surface area (TPSA) is 25.2 Å². The lowest BCUT2D eigenvalue weighted by Gasteiger charge is -2.23. The average Bonchev–Trinajstić information content (AvgIpc) is 2.81. The van der Waals surface area contributed by atoms with Gasteiger partial charge < -0.3 is 9.73 Å². The Morgan fingerprint density at radius 2 is 2.53 bits per heavy atom. The molecule has 0 bridgehead atoms. The Bertz CT molecular complexity index is 270. The third-order valence-electron chi connectivity index (χ3n) is 2.58. The average molecular weight is 243 g/mol. The van der Waals surface area contributed by atoms with Gasteiger partial charge in [-0.15, -0.1) is 0 Å². The Kier molecular flexibility index (Phi) is 4.47. The fourth-order valence-electron chi connectivity index (χ4n) is 1.60. The molecule has 2 nitrogen and oxygen atoms in total. The SMILES string of the molecule is CC(NCC1CSCCS1)c1ccoc1. The lowest BCUT2D eigenvalue weighted by atomic mass is 10.2. The van der Waals surface area contributed by atoms with Gasteiger partial charge in [-0.25, -0.2) is 0 Å². The van der Waals surface area contributed by atoms with Crippen LogP contribution in [0.4, 0.5) is 0 Å². The number of hydrogen-bond acceptors (Lipinski definition) is 4. The summed E-state index contributed by atoms with van der Waals surface area (Å²) in [5.74, 6) is 3.91. The second-order valence-corrected chi connectivity index (χ2v) is 6.31. The fourth-order valence-corrected chi connectivity index (χ4v) is 4.23. The zero-order valence-electron chi connectivity index (χ0n) is 8.94. The number of furan rings is 1. The van der Waals surface area contributed by atoms with Gasteiger partial charge in [-0.3, -0.25) is 0 Å². The normalized spacial score (nSPS) is 23.9. The summed E-state index contributed by atoms with van der Waals surface area (Å²) in [7, 11) is 0. The molecule has 0 spiro atoms. The molecule has 1 aliphatic rings. The molecule has 0 radical (unpaired) electrons. The van der Waals surface area contributed by atoms with E-state index in [0.717, 1.165) is 11.8 Å². The van der Waals surface area contributed by atoms with Crippen molar-refractivity contribution in [2.24, 2.45) is 0 Å². The van der Waals surface area contributed by atoms with E-state index >= 15 is 0 Å². The summed E-state index contributed by atoms with van der Waals surface area (Å²) in [6.45, 7) is 3.29. The van der Waals surface area contributed by atoms with Crippen LogP contribution < -0.4 is 5.32 Å². The summed E-state index contributed by atoms with van der Waals surface area (Å²) in [5, 5.41) is 4.34. The molecule has 1 saturated heterocycles. The number of nitrogens with one attached hydrogen (secondary N) is 1. The zero-order chi connectivity index (χ0) is 10.5. The maximum Gasteiger partial charge on any atom is 0.0950 e. The van der Waals surface area contributed by atoms with Crippen LogP contribution in [0.1, 0.15) is 18.5 Å². The predicted molar refractivity (Wildman–Crippen MR) is 68.7 cm³/mol. The van der Waals surface area contributed by atoms with E-state index in [4.69, 9.17) is 4.42 Å². The van der Waals surface area contributed by atoms with E-state index in [0.29, 0.717) is 6.04 Å². The molecule has 0 aliphatic carbocycles. The smallest absolute Gasteiger partial charge is 0.0950 e. The van der Waals surface area contributed by atoms with Crippen molar-refractivity contribution >= 4 is 23.5 Å². The predicted octanol–water partition coefficient (Wildman–Crippen LogP) is 2.78. The minimum Gasteiger partial charge on any atom is -0.472 e. The van der Waals surface area contributed by atoms with Crippen molar-refractivity contribution in [3.8, 4) is 0 Å². The van der Waals surface area contributed by atoms with E-state index in [-0.39, 0.29) is 0 Å². The molecule has 84 valence electrons. The molecule has 1 aromatic heterocycles. The highest BCUT2D eigenvalue weighted by Gasteiger charge is 2.15. The number of hydrogen-bond donors (Lipinski definition) is 1. The maximum atomic E-state index is 5.08. The van der Waals surface area contributed by atoms with Gasteiger partial charge in [-0.1, -0.05) is 0 Å². The van der Waals surface area contributed by atoms with Gasteiger partial charge in [-0.2, -0.15) is 23.5 Å². The monoisotopic (exact) mass is 243 g/mol. The molecule has 4 heteroatoms. The van der Waals surface area contributed by atoms with Gasteiger partial charge in [-0.05, 0) is 13.0 Å². The summed E-state index contributed by atoms with van der Waals surface area (Å²) in [4.78, 5) is 0. The highest BCUT2D eigenvalue weighted by Crippen LogP contribution is 2.24. The van der Waals surface area contributed by atoms with Crippen molar-refractivity contribution in [3.05, 3.63) is 24.2 Å². The van der Waals surface area contributed by atoms with Crippen LogP contribution in [0.3, 0.4) is 0 Å². The van der Waals surface area contributed by atoms with E-state index in [1.807, 2.05) is 12.3 Å². The fraction of sp³-hybridized carbons (Fsp3) is 0.636. The molecule has 1 aromatic rings. The minimum atomic E-state index is 0.399. The lowest BCUT2D eigenvalue weighted by Crippen LogP contribution is -2.30. The van der Waals surface area contributed by atoms with Crippen molar-refractivity contribution in [1.82, 2.24) is 5.32 Å². The summed E-state index contributed by atoms with van der Waals surface area (Å²) in [6, 6.07) is 2.43. The van der Waals surface area contributed by atoms with E-state index in [1.54, 1.807) is 6.26 Å². The molecule has 2 atom stereocenters. The summed E-state index contributed by atoms with van der Waals surface area (Å²) >= 11 is 4.17. The van der Waals surface area contributed by atoms with Crippen LogP contribution in [0.5, 0.6) is 0 Å². The van der Waals surface area contributed by atoms with Gasteiger partial charge in [0.05, 0.1) is 12.5 Å². The first-order valence-electron chi connectivity index (χ1n) is 5.31. The third-order valence-corrected chi connectivity index (χ3v) is 5.42. The summed E-state index contributed by atoms with van der Waals surface area (Å²) < 4.78 is 5.08. The summed E-state index contributed by atoms with van der Waals surface area (Å²) in [5.41, 5.74) is 1.24. The van der Waals surface area contributed by atoms with E-state index < -0.39 is 0 Å². The molecule has 2 rings (SSSR count). The molecule has 1 fully saturated rings. The first-order chi connectivity index (χ1) is 7.36. The van der Waals surface area contributed by atoms with Crippen molar-refractivity contribution < 1.29 is 4.42 Å². The Labute approximate surface area is 99.6 Å². The van der Waals surface area contributed by atoms with Crippen LogP contribution >= 0.6 is 23.5 Å². The first kappa shape index (κ1) is 11.4. The van der Waals surface area contributed by atoms with Crippen LogP contribution in [0.2, 0.25) is 0 Å². The number of thioether (sulfide) groups is 2. The van der Waals surface area contributed by atoms with Crippen LogP contribution in [0.15, 0.2) is 23.0 Å². The van der Waals surface area contributed by atoms with Gasteiger partial charge in [0, 0.05) is 40.7 Å². The zero-order valence-corrected chi connectivity index (χ0v) is 10.6. The Morgan fingerprint density at radius 1 is 1.60 bits per heavy atom. The Balaban J connectivity index is 1.73. The van der Waals surface area contributed by atoms with Gasteiger partial charge >= 0.3 is 0 Å². The molecule has 0 amide bonds. The van der Waals surface area contributed by atoms with Crippen LogP contribution in [-0.2, 0) is 0 Å². The maximum absolute atomic E-state index is 5.08. The van der Waals surface area contributed by atoms with Crippen molar-refractivity contribution in [3.63, 3.8) is 0 Å². The van der Waals surface area contributed by atoms with E-state index in [2.05, 4.69) is 35.8 Å². The standard InChI is InChI=1S/C11H17NOS2/c1-9(10-2-3-13-7-10)12-6-11-8-14-4-5-15-11/h2-3,7,9,11-12H,4-6,8H2,1H3. The van der Waals surface area contributed by atoms with E-state index in [9.17, 15) is 0 Å². The van der Waals surface area contributed by atoms with Gasteiger partial charge in [0.15, 0.2) is 0 Å². The Morgan fingerprint density at radius 3 is 3.20 bits per heavy atom. The van der Waals surface area contributed by atoms with Crippen LogP contribution in [-0.4, -0.2) is 29.1 Å². The molecule has 15 heavy (non-hydrogen) atoms. The molecule has 1 N–H and O–H groups in total. The summed E-state index contributed by atoms with van der Waals surface area (Å²) in [6.07, 6.45) is 3.55. The largest absolute Gasteiger partial charge is 0.472 e. The highest BCUT2D eigenvalue weighted by molar-refractivity contribution is 8.06.